The van der Waals surface area contributed by atoms with E-state index in [0.717, 1.165) is 0 Å². The van der Waals surface area contributed by atoms with Crippen molar-refractivity contribution in [1.82, 2.24) is 9.55 Å². The summed E-state index contributed by atoms with van der Waals surface area (Å²) in [6.45, 7) is 2.34. The second-order valence-electron chi connectivity index (χ2n) is 5.25. The van der Waals surface area contributed by atoms with E-state index in [9.17, 15) is 18.0 Å². The molecule has 0 aliphatic carbocycles. The highest BCUT2D eigenvalue weighted by molar-refractivity contribution is 5.95. The molecule has 2 heterocycles. The molecule has 0 aliphatic rings. The predicted molar refractivity (Wildman–Crippen MR) is 80.6 cm³/mol. The third-order valence-electron chi connectivity index (χ3n) is 2.81. The van der Waals surface area contributed by atoms with Gasteiger partial charge in [0.1, 0.15) is 5.49 Å². The van der Waals surface area contributed by atoms with E-state index in [4.69, 9.17) is 0 Å². The van der Waals surface area contributed by atoms with Crippen molar-refractivity contribution in [2.75, 3.05) is 6.61 Å². The van der Waals surface area contributed by atoms with Gasteiger partial charge in [-0.25, -0.2) is 4.98 Å². The lowest BCUT2D eigenvalue weighted by molar-refractivity contribution is -0.154. The number of carbonyl (C=O) groups excluding carboxylic acids is 1. The predicted octanol–water partition coefficient (Wildman–Crippen LogP) is 2.82. The molecule has 0 amide bonds. The Labute approximate surface area is 136 Å². The number of pyridine rings is 2. The number of ether oxygens (including phenoxy) is 1. The Morgan fingerprint density at radius 3 is 2.62 bits per heavy atom. The maximum absolute atomic E-state index is 12.5. The fourth-order valence-electron chi connectivity index (χ4n) is 1.86. The van der Waals surface area contributed by atoms with Crippen LogP contribution in [0.5, 0.6) is 5.88 Å². The van der Waals surface area contributed by atoms with Crippen molar-refractivity contribution in [3.8, 4) is 5.88 Å². The molecule has 2 rings (SSSR count). The molecule has 0 aromatic carbocycles. The van der Waals surface area contributed by atoms with Gasteiger partial charge in [0.15, 0.2) is 6.61 Å². The SMILES string of the molecule is CC(C)N=c1ccccn1C(=O)c1ccc(OCC(F)(F)F)nc1. The van der Waals surface area contributed by atoms with Gasteiger partial charge in [-0.2, -0.15) is 13.2 Å². The van der Waals surface area contributed by atoms with Crippen LogP contribution in [0, 0.1) is 0 Å². The van der Waals surface area contributed by atoms with Gasteiger partial charge in [0, 0.05) is 24.5 Å². The minimum atomic E-state index is -4.44. The molecule has 0 fully saturated rings. The summed E-state index contributed by atoms with van der Waals surface area (Å²) in [5, 5.41) is 0. The van der Waals surface area contributed by atoms with E-state index in [2.05, 4.69) is 14.7 Å². The van der Waals surface area contributed by atoms with Crippen LogP contribution in [0.3, 0.4) is 0 Å². The molecular formula is C16H16F3N3O2. The molecule has 0 N–H and O–H groups in total. The highest BCUT2D eigenvalue weighted by Gasteiger charge is 2.28. The Bertz CT molecular complexity index is 765. The second kappa shape index (κ2) is 7.29. The zero-order chi connectivity index (χ0) is 17.7. The van der Waals surface area contributed by atoms with Crippen LogP contribution in [0.15, 0.2) is 47.7 Å². The van der Waals surface area contributed by atoms with Crippen molar-refractivity contribution in [2.45, 2.75) is 26.1 Å². The van der Waals surface area contributed by atoms with E-state index >= 15 is 0 Å². The summed E-state index contributed by atoms with van der Waals surface area (Å²) in [6.07, 6.45) is -1.70. The number of aromatic nitrogens is 2. The molecule has 0 atom stereocenters. The number of nitrogens with zero attached hydrogens (tertiary/aromatic N) is 3. The highest BCUT2D eigenvalue weighted by Crippen LogP contribution is 2.17. The van der Waals surface area contributed by atoms with E-state index in [-0.39, 0.29) is 23.4 Å². The van der Waals surface area contributed by atoms with Crippen LogP contribution >= 0.6 is 0 Å². The molecule has 5 nitrogen and oxygen atoms in total. The molecule has 0 radical (unpaired) electrons. The minimum Gasteiger partial charge on any atom is -0.468 e. The molecule has 2 aromatic rings. The van der Waals surface area contributed by atoms with Crippen molar-refractivity contribution in [3.05, 3.63) is 53.8 Å². The van der Waals surface area contributed by atoms with Crippen molar-refractivity contribution >= 4 is 5.91 Å². The van der Waals surface area contributed by atoms with E-state index < -0.39 is 12.8 Å². The fourth-order valence-corrected chi connectivity index (χ4v) is 1.86. The quantitative estimate of drug-likeness (QED) is 0.861. The third-order valence-corrected chi connectivity index (χ3v) is 2.81. The fraction of sp³-hybridized carbons (Fsp3) is 0.312. The van der Waals surface area contributed by atoms with Crippen LogP contribution in [0.2, 0.25) is 0 Å². The van der Waals surface area contributed by atoms with E-state index in [0.29, 0.717) is 5.49 Å². The van der Waals surface area contributed by atoms with Crippen molar-refractivity contribution < 1.29 is 22.7 Å². The number of halogens is 3. The highest BCUT2D eigenvalue weighted by atomic mass is 19.4. The molecule has 0 aliphatic heterocycles. The third kappa shape index (κ3) is 4.94. The smallest absolute Gasteiger partial charge is 0.422 e. The van der Waals surface area contributed by atoms with Gasteiger partial charge in [-0.05, 0) is 32.0 Å². The summed E-state index contributed by atoms with van der Waals surface area (Å²) in [5.74, 6) is -0.584. The van der Waals surface area contributed by atoms with E-state index in [1.807, 2.05) is 13.8 Å². The Morgan fingerprint density at radius 1 is 1.29 bits per heavy atom. The summed E-state index contributed by atoms with van der Waals surface area (Å²) in [6, 6.07) is 7.74. The van der Waals surface area contributed by atoms with Gasteiger partial charge in [0.25, 0.3) is 5.91 Å². The molecule has 0 saturated carbocycles. The van der Waals surface area contributed by atoms with E-state index in [1.54, 1.807) is 24.4 Å². The number of hydrogen-bond donors (Lipinski definition) is 0. The number of hydrogen-bond acceptors (Lipinski definition) is 4. The van der Waals surface area contributed by atoms with Gasteiger partial charge in [-0.15, -0.1) is 0 Å². The molecule has 128 valence electrons. The first-order valence-corrected chi connectivity index (χ1v) is 7.18. The van der Waals surface area contributed by atoms with Crippen molar-refractivity contribution in [1.29, 1.82) is 0 Å². The lowest BCUT2D eigenvalue weighted by atomic mass is 10.2. The Morgan fingerprint density at radius 2 is 2.04 bits per heavy atom. The molecule has 0 unspecified atom stereocenters. The largest absolute Gasteiger partial charge is 0.468 e. The number of carbonyl (C=O) groups is 1. The first-order chi connectivity index (χ1) is 11.3. The topological polar surface area (TPSA) is 56.5 Å². The van der Waals surface area contributed by atoms with Gasteiger partial charge >= 0.3 is 6.18 Å². The summed E-state index contributed by atoms with van der Waals surface area (Å²) >= 11 is 0. The Hall–Kier alpha value is -2.64. The van der Waals surface area contributed by atoms with E-state index in [1.165, 1.54) is 22.9 Å². The average Bonchev–Trinajstić information content (AvgIpc) is 2.52. The first kappa shape index (κ1) is 17.7. The van der Waals surface area contributed by atoms with Crippen molar-refractivity contribution in [3.63, 3.8) is 0 Å². The van der Waals surface area contributed by atoms with Gasteiger partial charge in [0.2, 0.25) is 5.88 Å². The Kier molecular flexibility index (Phi) is 5.38. The standard InChI is InChI=1S/C16H16F3N3O2/c1-11(2)21-13-5-3-4-8-22(13)15(23)12-6-7-14(20-9-12)24-10-16(17,18)19/h3-9,11H,10H2,1-2H3. The molecule has 0 bridgehead atoms. The van der Waals surface area contributed by atoms with Gasteiger partial charge in [-0.1, -0.05) is 6.07 Å². The normalized spacial score (nSPS) is 12.5. The summed E-state index contributed by atoms with van der Waals surface area (Å²) < 4.78 is 42.2. The number of rotatable bonds is 4. The maximum Gasteiger partial charge on any atom is 0.422 e. The first-order valence-electron chi connectivity index (χ1n) is 7.18. The maximum atomic E-state index is 12.5. The van der Waals surface area contributed by atoms with Crippen LogP contribution in [0.25, 0.3) is 0 Å². The van der Waals surface area contributed by atoms with Crippen LogP contribution in [-0.2, 0) is 0 Å². The van der Waals surface area contributed by atoms with Gasteiger partial charge in [0.05, 0.1) is 5.56 Å². The van der Waals surface area contributed by atoms with Gasteiger partial charge in [-0.3, -0.25) is 14.4 Å². The summed E-state index contributed by atoms with van der Waals surface area (Å²) in [5.41, 5.74) is 0.695. The molecule has 2 aromatic heterocycles. The molecular weight excluding hydrogens is 323 g/mol. The average molecular weight is 339 g/mol. The Balaban J connectivity index is 2.23. The van der Waals surface area contributed by atoms with Crippen LogP contribution in [-0.4, -0.2) is 34.3 Å². The molecule has 0 saturated heterocycles. The second-order valence-corrected chi connectivity index (χ2v) is 5.25. The minimum absolute atomic E-state index is 0.00252. The lowest BCUT2D eigenvalue weighted by Gasteiger charge is -2.09. The van der Waals surface area contributed by atoms with Gasteiger partial charge < -0.3 is 4.74 Å². The zero-order valence-corrected chi connectivity index (χ0v) is 13.1. The molecule has 8 heteroatoms. The van der Waals surface area contributed by atoms with Crippen LogP contribution in [0.4, 0.5) is 13.2 Å². The molecule has 0 spiro atoms. The van der Waals surface area contributed by atoms with Crippen LogP contribution in [0.1, 0.15) is 24.2 Å². The lowest BCUT2D eigenvalue weighted by Crippen LogP contribution is -2.28. The van der Waals surface area contributed by atoms with Crippen molar-refractivity contribution in [2.24, 2.45) is 4.99 Å². The molecule has 24 heavy (non-hydrogen) atoms. The summed E-state index contributed by atoms with van der Waals surface area (Å²) in [4.78, 5) is 20.6. The summed E-state index contributed by atoms with van der Waals surface area (Å²) in [7, 11) is 0. The van der Waals surface area contributed by atoms with Crippen LogP contribution < -0.4 is 10.2 Å². The monoisotopic (exact) mass is 339 g/mol. The zero-order valence-electron chi connectivity index (χ0n) is 13.1. The number of alkyl halides is 3.